The monoisotopic (exact) mass is 469 g/mol. The molecule has 2 amide bonds. The van der Waals surface area contributed by atoms with Crippen LogP contribution in [-0.2, 0) is 11.3 Å². The number of hydrogen-bond acceptors (Lipinski definition) is 6. The van der Waals surface area contributed by atoms with Crippen molar-refractivity contribution in [1.82, 2.24) is 29.5 Å². The molecule has 3 aromatic heterocycles. The van der Waals surface area contributed by atoms with Gasteiger partial charge in [0.2, 0.25) is 5.91 Å². The Morgan fingerprint density at radius 2 is 1.86 bits per heavy atom. The number of nitrogens with one attached hydrogen (secondary N) is 1. The first-order chi connectivity index (χ1) is 16.9. The van der Waals surface area contributed by atoms with Crippen LogP contribution in [0.25, 0.3) is 22.2 Å². The van der Waals surface area contributed by atoms with Crippen molar-refractivity contribution in [1.29, 1.82) is 0 Å². The molecule has 1 aliphatic rings. The highest BCUT2D eigenvalue weighted by Crippen LogP contribution is 2.20. The van der Waals surface area contributed by atoms with Crippen molar-refractivity contribution in [3.63, 3.8) is 0 Å². The van der Waals surface area contributed by atoms with Crippen molar-refractivity contribution in [3.05, 3.63) is 72.3 Å². The van der Waals surface area contributed by atoms with Crippen LogP contribution in [0.2, 0.25) is 0 Å². The number of pyridine rings is 2. The van der Waals surface area contributed by atoms with Crippen molar-refractivity contribution in [2.45, 2.75) is 13.5 Å². The zero-order chi connectivity index (χ0) is 24.4. The second-order valence-electron chi connectivity index (χ2n) is 8.90. The number of benzene rings is 1. The van der Waals surface area contributed by atoms with Crippen LogP contribution in [0.15, 0.2) is 61.1 Å². The maximum atomic E-state index is 12.9. The van der Waals surface area contributed by atoms with E-state index in [2.05, 4.69) is 32.3 Å². The number of fused-ring (bicyclic) bond motifs is 1. The van der Waals surface area contributed by atoms with E-state index >= 15 is 0 Å². The van der Waals surface area contributed by atoms with Gasteiger partial charge in [-0.15, -0.1) is 0 Å². The van der Waals surface area contributed by atoms with Gasteiger partial charge < -0.3 is 15.1 Å². The molecule has 9 heteroatoms. The first-order valence-electron chi connectivity index (χ1n) is 11.6. The lowest BCUT2D eigenvalue weighted by molar-refractivity contribution is -0.133. The Bertz CT molecular complexity index is 1390. The molecule has 1 saturated heterocycles. The molecule has 4 heterocycles. The van der Waals surface area contributed by atoms with Gasteiger partial charge in [0.05, 0.1) is 11.2 Å². The molecule has 0 bridgehead atoms. The molecule has 0 saturated carbocycles. The Morgan fingerprint density at radius 3 is 2.66 bits per heavy atom. The number of amides is 2. The highest BCUT2D eigenvalue weighted by atomic mass is 16.2. The minimum Gasteiger partial charge on any atom is -0.339 e. The maximum Gasteiger partial charge on any atom is 0.274 e. The van der Waals surface area contributed by atoms with Gasteiger partial charge in [-0.25, -0.2) is 4.98 Å². The van der Waals surface area contributed by atoms with E-state index in [1.54, 1.807) is 29.2 Å². The van der Waals surface area contributed by atoms with E-state index in [9.17, 15) is 9.59 Å². The normalized spacial score (nSPS) is 14.3. The lowest BCUT2D eigenvalue weighted by Crippen LogP contribution is -2.48. The molecule has 1 fully saturated rings. The predicted molar refractivity (Wildman–Crippen MR) is 134 cm³/mol. The van der Waals surface area contributed by atoms with Crippen LogP contribution in [0.5, 0.6) is 0 Å². The molecule has 5 rings (SSSR count). The number of rotatable bonds is 5. The fraction of sp³-hybridized carbons (Fsp3) is 0.269. The average Bonchev–Trinajstić information content (AvgIpc) is 3.26. The van der Waals surface area contributed by atoms with Crippen molar-refractivity contribution >= 4 is 28.4 Å². The van der Waals surface area contributed by atoms with Gasteiger partial charge in [0.1, 0.15) is 12.2 Å². The summed E-state index contributed by atoms with van der Waals surface area (Å²) in [6, 6.07) is 12.8. The summed E-state index contributed by atoms with van der Waals surface area (Å²) in [6.07, 6.45) is 5.35. The SMILES string of the molecule is Cc1cncc(-c2cccc(C(=O)Nc3ccc4nn(CC(=O)N5CCN(C)CC5)cc4c3)n2)c1. The lowest BCUT2D eigenvalue weighted by atomic mass is 10.1. The topological polar surface area (TPSA) is 96.2 Å². The molecule has 178 valence electrons. The van der Waals surface area contributed by atoms with E-state index < -0.39 is 0 Å². The smallest absolute Gasteiger partial charge is 0.274 e. The molecule has 0 atom stereocenters. The van der Waals surface area contributed by atoms with E-state index in [1.807, 2.05) is 48.4 Å². The molecular formula is C26H27N7O2. The number of hydrogen-bond donors (Lipinski definition) is 1. The molecule has 1 aliphatic heterocycles. The van der Waals surface area contributed by atoms with Crippen LogP contribution in [0.3, 0.4) is 0 Å². The fourth-order valence-corrected chi connectivity index (χ4v) is 4.14. The Balaban J connectivity index is 1.28. The number of anilines is 1. The highest BCUT2D eigenvalue weighted by molar-refractivity contribution is 6.04. The standard InChI is InChI=1S/C26H27N7O2/c1-18-12-19(15-27-14-18)22-4-3-5-24(29-22)26(35)28-21-6-7-23-20(13-21)16-33(30-23)17-25(34)32-10-8-31(2)9-11-32/h3-7,12-16H,8-11,17H2,1-2H3,(H,28,35). The number of nitrogens with zero attached hydrogens (tertiary/aromatic N) is 6. The summed E-state index contributed by atoms with van der Waals surface area (Å²) in [5, 5.41) is 8.28. The Morgan fingerprint density at radius 1 is 1.03 bits per heavy atom. The van der Waals surface area contributed by atoms with E-state index in [-0.39, 0.29) is 18.4 Å². The van der Waals surface area contributed by atoms with Crippen molar-refractivity contribution in [2.24, 2.45) is 0 Å². The molecule has 35 heavy (non-hydrogen) atoms. The molecule has 0 unspecified atom stereocenters. The number of aromatic nitrogens is 4. The number of likely N-dealkylation sites (N-methyl/N-ethyl adjacent to an activating group) is 1. The molecule has 0 spiro atoms. The van der Waals surface area contributed by atoms with E-state index in [0.29, 0.717) is 17.1 Å². The van der Waals surface area contributed by atoms with Crippen molar-refractivity contribution in [2.75, 3.05) is 38.5 Å². The van der Waals surface area contributed by atoms with Crippen LogP contribution in [-0.4, -0.2) is 74.6 Å². The summed E-state index contributed by atoms with van der Waals surface area (Å²) in [6.45, 7) is 5.41. The zero-order valence-corrected chi connectivity index (χ0v) is 19.8. The first kappa shape index (κ1) is 22.7. The fourth-order valence-electron chi connectivity index (χ4n) is 4.14. The van der Waals surface area contributed by atoms with Crippen LogP contribution in [0.4, 0.5) is 5.69 Å². The molecule has 0 aliphatic carbocycles. The Labute approximate surface area is 203 Å². The third kappa shape index (κ3) is 5.20. The molecule has 1 aromatic carbocycles. The number of piperazine rings is 1. The largest absolute Gasteiger partial charge is 0.339 e. The van der Waals surface area contributed by atoms with Gasteiger partial charge in [-0.2, -0.15) is 5.10 Å². The van der Waals surface area contributed by atoms with Crippen molar-refractivity contribution < 1.29 is 9.59 Å². The predicted octanol–water partition coefficient (Wildman–Crippen LogP) is 2.83. The maximum absolute atomic E-state index is 12.9. The van der Waals surface area contributed by atoms with Gasteiger partial charge in [0.25, 0.3) is 5.91 Å². The Kier molecular flexibility index (Phi) is 6.24. The number of carbonyl (C=O) groups excluding carboxylic acids is 2. The third-order valence-electron chi connectivity index (χ3n) is 6.12. The summed E-state index contributed by atoms with van der Waals surface area (Å²) in [5.41, 5.74) is 4.30. The summed E-state index contributed by atoms with van der Waals surface area (Å²) in [7, 11) is 2.06. The molecular weight excluding hydrogens is 442 g/mol. The van der Waals surface area contributed by atoms with Crippen LogP contribution < -0.4 is 5.32 Å². The van der Waals surface area contributed by atoms with Crippen LogP contribution in [0, 0.1) is 6.92 Å². The second kappa shape index (κ2) is 9.63. The average molecular weight is 470 g/mol. The highest BCUT2D eigenvalue weighted by Gasteiger charge is 2.19. The van der Waals surface area contributed by atoms with Gasteiger partial charge in [-0.3, -0.25) is 19.3 Å². The Hall–Kier alpha value is -4.11. The van der Waals surface area contributed by atoms with Gasteiger partial charge >= 0.3 is 0 Å². The summed E-state index contributed by atoms with van der Waals surface area (Å²) in [4.78, 5) is 38.4. The van der Waals surface area contributed by atoms with Crippen molar-refractivity contribution in [3.8, 4) is 11.3 Å². The summed E-state index contributed by atoms with van der Waals surface area (Å²) in [5.74, 6) is -0.237. The van der Waals surface area contributed by atoms with E-state index in [4.69, 9.17) is 0 Å². The van der Waals surface area contributed by atoms with E-state index in [1.165, 1.54) is 0 Å². The van der Waals surface area contributed by atoms with Crippen LogP contribution in [0.1, 0.15) is 16.1 Å². The van der Waals surface area contributed by atoms with Gasteiger partial charge in [-0.05, 0) is 55.9 Å². The minimum atomic E-state index is -0.301. The summed E-state index contributed by atoms with van der Waals surface area (Å²) >= 11 is 0. The lowest BCUT2D eigenvalue weighted by Gasteiger charge is -2.32. The molecule has 0 radical (unpaired) electrons. The molecule has 4 aromatic rings. The van der Waals surface area contributed by atoms with Crippen LogP contribution >= 0.6 is 0 Å². The van der Waals surface area contributed by atoms with Gasteiger partial charge in [0, 0.05) is 61.4 Å². The zero-order valence-electron chi connectivity index (χ0n) is 19.8. The first-order valence-corrected chi connectivity index (χ1v) is 11.6. The quantitative estimate of drug-likeness (QED) is 0.483. The number of carbonyl (C=O) groups is 2. The summed E-state index contributed by atoms with van der Waals surface area (Å²) < 4.78 is 1.66. The second-order valence-corrected chi connectivity index (χ2v) is 8.90. The molecule has 9 nitrogen and oxygen atoms in total. The van der Waals surface area contributed by atoms with E-state index in [0.717, 1.165) is 48.2 Å². The third-order valence-corrected chi connectivity index (χ3v) is 6.12. The minimum absolute atomic E-state index is 0.0641. The van der Waals surface area contributed by atoms with Gasteiger partial charge in [-0.1, -0.05) is 6.07 Å². The number of aryl methyl sites for hydroxylation is 1. The van der Waals surface area contributed by atoms with Gasteiger partial charge in [0.15, 0.2) is 0 Å². The molecule has 1 N–H and O–H groups in total.